The number of fused-ring (bicyclic) bond motifs is 1. The molecule has 0 saturated carbocycles. The van der Waals surface area contributed by atoms with E-state index in [1.54, 1.807) is 36.4 Å². The van der Waals surface area contributed by atoms with Crippen LogP contribution in [0.1, 0.15) is 21.8 Å². The summed E-state index contributed by atoms with van der Waals surface area (Å²) in [5.41, 5.74) is 7.61. The first-order chi connectivity index (χ1) is 12.6. The van der Waals surface area contributed by atoms with Gasteiger partial charge < -0.3 is 15.2 Å². The summed E-state index contributed by atoms with van der Waals surface area (Å²) in [5, 5.41) is 9.80. The molecule has 0 saturated heterocycles. The second kappa shape index (κ2) is 6.60. The van der Waals surface area contributed by atoms with Crippen molar-refractivity contribution >= 4 is 29.1 Å². The molecule has 0 spiro atoms. The molecule has 130 valence electrons. The van der Waals surface area contributed by atoms with Crippen molar-refractivity contribution in [3.05, 3.63) is 69.2 Å². The van der Waals surface area contributed by atoms with Gasteiger partial charge in [0.05, 0.1) is 21.9 Å². The summed E-state index contributed by atoms with van der Waals surface area (Å²) in [6, 6.07) is 14.5. The van der Waals surface area contributed by atoms with Crippen LogP contribution in [0.15, 0.2) is 53.1 Å². The molecule has 0 aromatic heterocycles. The number of rotatable bonds is 3. The van der Waals surface area contributed by atoms with Gasteiger partial charge in [0.15, 0.2) is 17.3 Å². The Hall–Kier alpha value is -2.62. The second-order valence-electron chi connectivity index (χ2n) is 5.86. The van der Waals surface area contributed by atoms with Crippen molar-refractivity contribution in [1.82, 2.24) is 0 Å². The molecule has 0 aliphatic carbocycles. The van der Waals surface area contributed by atoms with Crippen LogP contribution in [0.3, 0.4) is 0 Å². The van der Waals surface area contributed by atoms with Crippen molar-refractivity contribution < 1.29 is 14.3 Å². The lowest BCUT2D eigenvalue weighted by Gasteiger charge is -2.20. The quantitative estimate of drug-likeness (QED) is 0.809. The minimum absolute atomic E-state index is 0.0949. The van der Waals surface area contributed by atoms with E-state index in [9.17, 15) is 10.1 Å². The van der Waals surface area contributed by atoms with Gasteiger partial charge in [-0.2, -0.15) is 5.26 Å². The molecule has 0 bridgehead atoms. The summed E-state index contributed by atoms with van der Waals surface area (Å²) < 4.78 is 10.8. The van der Waals surface area contributed by atoms with Gasteiger partial charge in [-0.15, -0.1) is 0 Å². The Morgan fingerprint density at radius 1 is 1.23 bits per heavy atom. The Balaban J connectivity index is 1.80. The Bertz CT molecular complexity index is 969. The van der Waals surface area contributed by atoms with Crippen LogP contribution in [0, 0.1) is 11.3 Å². The molecule has 26 heavy (non-hydrogen) atoms. The first-order valence-electron chi connectivity index (χ1n) is 7.85. The normalized spacial score (nSPS) is 20.9. The molecule has 0 amide bonds. The third-order valence-electron chi connectivity index (χ3n) is 4.40. The molecular formula is C19H13ClN2O3S. The molecule has 4 rings (SSSR count). The highest BCUT2D eigenvalue weighted by molar-refractivity contribution is 8.04. The number of nitrogens with zero attached hydrogens (tertiary/aromatic N) is 1. The molecule has 2 aliphatic heterocycles. The highest BCUT2D eigenvalue weighted by Gasteiger charge is 2.42. The van der Waals surface area contributed by atoms with E-state index in [2.05, 4.69) is 6.07 Å². The van der Waals surface area contributed by atoms with Gasteiger partial charge in [0, 0.05) is 22.6 Å². The number of ether oxygens (including phenoxy) is 2. The number of nitriles is 1. The first kappa shape index (κ1) is 16.8. The van der Waals surface area contributed by atoms with Crippen LogP contribution in [-0.2, 0) is 0 Å². The first-order valence-corrected chi connectivity index (χ1v) is 9.10. The van der Waals surface area contributed by atoms with E-state index >= 15 is 0 Å². The van der Waals surface area contributed by atoms with Crippen molar-refractivity contribution in [2.45, 2.75) is 11.2 Å². The van der Waals surface area contributed by atoms with Crippen LogP contribution in [0.5, 0.6) is 11.5 Å². The van der Waals surface area contributed by atoms with Gasteiger partial charge in [-0.25, -0.2) is 0 Å². The summed E-state index contributed by atoms with van der Waals surface area (Å²) >= 11 is 7.65. The van der Waals surface area contributed by atoms with E-state index in [0.29, 0.717) is 38.3 Å². The van der Waals surface area contributed by atoms with Gasteiger partial charge in [-0.3, -0.25) is 4.79 Å². The van der Waals surface area contributed by atoms with Gasteiger partial charge in [-0.05, 0) is 11.6 Å². The van der Waals surface area contributed by atoms with Crippen molar-refractivity contribution in [3.8, 4) is 17.6 Å². The minimum atomic E-state index is -0.565. The van der Waals surface area contributed by atoms with Crippen molar-refractivity contribution in [2.75, 3.05) is 6.79 Å². The Morgan fingerprint density at radius 3 is 2.62 bits per heavy atom. The standard InChI is InChI=1S/C19H13ClN2O3S/c20-13-7-15-14(24-9-25-15)6-11(13)16-12(8-21)19(22)26-18(16)17(23)10-4-2-1-3-5-10/h1-7,16,18H,9,22H2/t16-,18+/m1/s1. The van der Waals surface area contributed by atoms with E-state index in [-0.39, 0.29) is 12.6 Å². The molecule has 0 unspecified atom stereocenters. The molecule has 2 N–H and O–H groups in total. The lowest BCUT2D eigenvalue weighted by molar-refractivity contribution is 0.0985. The number of allylic oxidation sites excluding steroid dienone is 1. The molecule has 5 nitrogen and oxygen atoms in total. The van der Waals surface area contributed by atoms with Crippen molar-refractivity contribution in [2.24, 2.45) is 5.73 Å². The van der Waals surface area contributed by atoms with E-state index in [1.165, 1.54) is 11.8 Å². The maximum atomic E-state index is 13.1. The fraction of sp³-hybridized carbons (Fsp3) is 0.158. The van der Waals surface area contributed by atoms with Crippen molar-refractivity contribution in [3.63, 3.8) is 0 Å². The predicted molar refractivity (Wildman–Crippen MR) is 99.3 cm³/mol. The fourth-order valence-corrected chi connectivity index (χ4v) is 4.67. The molecule has 2 heterocycles. The van der Waals surface area contributed by atoms with Gasteiger partial charge in [-0.1, -0.05) is 53.7 Å². The number of benzene rings is 2. The number of carbonyl (C=O) groups is 1. The maximum absolute atomic E-state index is 13.1. The number of halogens is 1. The van der Waals surface area contributed by atoms with E-state index in [0.717, 1.165) is 0 Å². The third-order valence-corrected chi connectivity index (χ3v) is 5.94. The monoisotopic (exact) mass is 384 g/mol. The average molecular weight is 385 g/mol. The number of ketones is 1. The lowest BCUT2D eigenvalue weighted by Crippen LogP contribution is -2.23. The number of thioether (sulfide) groups is 1. The zero-order valence-electron chi connectivity index (χ0n) is 13.4. The van der Waals surface area contributed by atoms with E-state index < -0.39 is 11.2 Å². The number of hydrogen-bond acceptors (Lipinski definition) is 6. The second-order valence-corrected chi connectivity index (χ2v) is 7.45. The number of Topliss-reactive ketones (excluding diaryl/α,β-unsaturated/α-hetero) is 1. The third kappa shape index (κ3) is 2.70. The highest BCUT2D eigenvalue weighted by Crippen LogP contribution is 2.50. The van der Waals surface area contributed by atoms with E-state index in [4.69, 9.17) is 26.8 Å². The smallest absolute Gasteiger partial charge is 0.231 e. The summed E-state index contributed by atoms with van der Waals surface area (Å²) in [6.45, 7) is 0.115. The molecule has 0 fully saturated rings. The molecule has 0 radical (unpaired) electrons. The van der Waals surface area contributed by atoms with Crippen LogP contribution < -0.4 is 15.2 Å². The Kier molecular flexibility index (Phi) is 4.27. The summed E-state index contributed by atoms with van der Waals surface area (Å²) in [5.74, 6) is 0.455. The average Bonchev–Trinajstić information content (AvgIpc) is 3.24. The SMILES string of the molecule is N#CC1=C(N)S[C@H](C(=O)c2ccccc2)[C@@H]1c1cc2c(cc1Cl)OCO2. The lowest BCUT2D eigenvalue weighted by atomic mass is 9.85. The fourth-order valence-electron chi connectivity index (χ4n) is 3.16. The van der Waals surface area contributed by atoms with Gasteiger partial charge in [0.1, 0.15) is 0 Å². The largest absolute Gasteiger partial charge is 0.454 e. The minimum Gasteiger partial charge on any atom is -0.454 e. The van der Waals surface area contributed by atoms with Gasteiger partial charge in [0.2, 0.25) is 6.79 Å². The van der Waals surface area contributed by atoms with Gasteiger partial charge in [0.25, 0.3) is 0 Å². The maximum Gasteiger partial charge on any atom is 0.231 e. The van der Waals surface area contributed by atoms with E-state index in [1.807, 2.05) is 6.07 Å². The molecule has 2 aromatic rings. The summed E-state index contributed by atoms with van der Waals surface area (Å²) in [4.78, 5) is 13.1. The number of hydrogen-bond donors (Lipinski definition) is 1. The molecule has 2 atom stereocenters. The zero-order valence-corrected chi connectivity index (χ0v) is 15.0. The molecule has 2 aliphatic rings. The zero-order chi connectivity index (χ0) is 18.3. The predicted octanol–water partition coefficient (Wildman–Crippen LogP) is 3.84. The van der Waals surface area contributed by atoms with Gasteiger partial charge >= 0.3 is 0 Å². The molecule has 2 aromatic carbocycles. The Labute approximate surface area is 159 Å². The summed E-state index contributed by atoms with van der Waals surface area (Å²) in [6.07, 6.45) is 0. The van der Waals surface area contributed by atoms with Crippen LogP contribution in [0.4, 0.5) is 0 Å². The Morgan fingerprint density at radius 2 is 1.92 bits per heavy atom. The van der Waals surface area contributed by atoms with Crippen LogP contribution in [-0.4, -0.2) is 17.8 Å². The number of carbonyl (C=O) groups excluding carboxylic acids is 1. The number of nitrogens with two attached hydrogens (primary N) is 1. The summed E-state index contributed by atoms with van der Waals surface area (Å²) in [7, 11) is 0. The molecular weight excluding hydrogens is 372 g/mol. The highest BCUT2D eigenvalue weighted by atomic mass is 35.5. The van der Waals surface area contributed by atoms with Crippen LogP contribution >= 0.6 is 23.4 Å². The van der Waals surface area contributed by atoms with Crippen LogP contribution in [0.2, 0.25) is 5.02 Å². The van der Waals surface area contributed by atoms with Crippen molar-refractivity contribution in [1.29, 1.82) is 5.26 Å². The molecule has 7 heteroatoms. The topological polar surface area (TPSA) is 85.3 Å². The van der Waals surface area contributed by atoms with Crippen LogP contribution in [0.25, 0.3) is 0 Å².